The fourth-order valence-electron chi connectivity index (χ4n) is 1.19. The minimum Gasteiger partial charge on any atom is -0.464 e. The maximum atomic E-state index is 11.4. The van der Waals surface area contributed by atoms with Gasteiger partial charge in [0.05, 0.1) is 7.11 Å². The van der Waals surface area contributed by atoms with E-state index in [4.69, 9.17) is 0 Å². The minimum atomic E-state index is -0.552. The number of nitrogens with zero attached hydrogens (tertiary/aromatic N) is 2. The summed E-state index contributed by atoms with van der Waals surface area (Å²) in [5.74, 6) is -0.434. The molecule has 1 heterocycles. The van der Waals surface area contributed by atoms with Crippen molar-refractivity contribution in [2.45, 2.75) is 12.8 Å². The first-order valence-electron chi connectivity index (χ1n) is 4.93. The number of carbonyl (C=O) groups excluding carboxylic acids is 2. The second-order valence-electron chi connectivity index (χ2n) is 3.52. The van der Waals surface area contributed by atoms with Crippen LogP contribution in [-0.2, 0) is 9.53 Å². The molecule has 1 fully saturated rings. The van der Waals surface area contributed by atoms with Crippen molar-refractivity contribution in [1.29, 1.82) is 0 Å². The lowest BCUT2D eigenvalue weighted by atomic mass is 10.4. The van der Waals surface area contributed by atoms with Gasteiger partial charge < -0.3 is 4.74 Å². The Labute approximate surface area is 92.0 Å². The molecule has 1 aliphatic rings. The summed E-state index contributed by atoms with van der Waals surface area (Å²) >= 11 is 0. The predicted molar refractivity (Wildman–Crippen MR) is 54.7 cm³/mol. The highest BCUT2D eigenvalue weighted by molar-refractivity contribution is 5.93. The van der Waals surface area contributed by atoms with E-state index in [0.29, 0.717) is 0 Å². The highest BCUT2D eigenvalue weighted by atomic mass is 16.5. The Balaban J connectivity index is 2.09. The molecule has 1 aromatic rings. The number of hydrogen-bond donors (Lipinski definition) is 1. The SMILES string of the molecule is COC(=O)c1ccnc(NC(=O)C2CC2)n1. The summed E-state index contributed by atoms with van der Waals surface area (Å²) in [6, 6.07) is 1.43. The molecule has 0 aromatic carbocycles. The molecule has 0 radical (unpaired) electrons. The van der Waals surface area contributed by atoms with Gasteiger partial charge in [0, 0.05) is 12.1 Å². The molecule has 1 aliphatic carbocycles. The summed E-state index contributed by atoms with van der Waals surface area (Å²) in [5.41, 5.74) is 0.128. The van der Waals surface area contributed by atoms with Crippen LogP contribution in [0.2, 0.25) is 0 Å². The number of anilines is 1. The number of methoxy groups -OCH3 is 1. The van der Waals surface area contributed by atoms with Crippen molar-refractivity contribution in [3.63, 3.8) is 0 Å². The lowest BCUT2D eigenvalue weighted by Gasteiger charge is -2.03. The first-order chi connectivity index (χ1) is 7.70. The molecular weight excluding hydrogens is 210 g/mol. The van der Waals surface area contributed by atoms with Crippen LogP contribution >= 0.6 is 0 Å². The average molecular weight is 221 g/mol. The van der Waals surface area contributed by atoms with Crippen molar-refractivity contribution in [3.8, 4) is 0 Å². The third-order valence-corrected chi connectivity index (χ3v) is 2.23. The van der Waals surface area contributed by atoms with Crippen LogP contribution in [0.5, 0.6) is 0 Å². The molecule has 0 saturated heterocycles. The Morgan fingerprint density at radius 2 is 2.25 bits per heavy atom. The molecule has 0 aliphatic heterocycles. The van der Waals surface area contributed by atoms with Crippen molar-refractivity contribution in [1.82, 2.24) is 9.97 Å². The number of ether oxygens (including phenoxy) is 1. The monoisotopic (exact) mass is 221 g/mol. The molecule has 84 valence electrons. The number of esters is 1. The van der Waals surface area contributed by atoms with E-state index in [-0.39, 0.29) is 23.5 Å². The van der Waals surface area contributed by atoms with E-state index < -0.39 is 5.97 Å². The van der Waals surface area contributed by atoms with Crippen LogP contribution in [0.4, 0.5) is 5.95 Å². The zero-order valence-electron chi connectivity index (χ0n) is 8.77. The largest absolute Gasteiger partial charge is 0.464 e. The Morgan fingerprint density at radius 1 is 1.50 bits per heavy atom. The van der Waals surface area contributed by atoms with Crippen LogP contribution in [0, 0.1) is 5.92 Å². The summed E-state index contributed by atoms with van der Waals surface area (Å²) in [6.45, 7) is 0. The van der Waals surface area contributed by atoms with Crippen LogP contribution in [0.1, 0.15) is 23.3 Å². The molecule has 6 heteroatoms. The molecule has 16 heavy (non-hydrogen) atoms. The zero-order valence-corrected chi connectivity index (χ0v) is 8.77. The van der Waals surface area contributed by atoms with Gasteiger partial charge in [-0.3, -0.25) is 10.1 Å². The number of hydrogen-bond acceptors (Lipinski definition) is 5. The van der Waals surface area contributed by atoms with Gasteiger partial charge in [0.1, 0.15) is 0 Å². The van der Waals surface area contributed by atoms with E-state index in [1.54, 1.807) is 0 Å². The topological polar surface area (TPSA) is 81.2 Å². The summed E-state index contributed by atoms with van der Waals surface area (Å²) < 4.78 is 4.51. The van der Waals surface area contributed by atoms with Crippen molar-refractivity contribution in [2.75, 3.05) is 12.4 Å². The van der Waals surface area contributed by atoms with Crippen molar-refractivity contribution in [2.24, 2.45) is 5.92 Å². The Morgan fingerprint density at radius 3 is 2.88 bits per heavy atom. The van der Waals surface area contributed by atoms with Gasteiger partial charge >= 0.3 is 5.97 Å². The van der Waals surface area contributed by atoms with Gasteiger partial charge in [-0.25, -0.2) is 14.8 Å². The maximum Gasteiger partial charge on any atom is 0.356 e. The number of rotatable bonds is 3. The van der Waals surface area contributed by atoms with Crippen LogP contribution < -0.4 is 5.32 Å². The van der Waals surface area contributed by atoms with Gasteiger partial charge in [-0.05, 0) is 18.9 Å². The van der Waals surface area contributed by atoms with Crippen LogP contribution in [0.15, 0.2) is 12.3 Å². The van der Waals surface area contributed by atoms with Gasteiger partial charge in [0.2, 0.25) is 11.9 Å². The molecular formula is C10H11N3O3. The van der Waals surface area contributed by atoms with E-state index in [1.807, 2.05) is 0 Å². The number of nitrogens with one attached hydrogen (secondary N) is 1. The lowest BCUT2D eigenvalue weighted by molar-refractivity contribution is -0.117. The second-order valence-corrected chi connectivity index (χ2v) is 3.52. The van der Waals surface area contributed by atoms with Crippen molar-refractivity contribution >= 4 is 17.8 Å². The maximum absolute atomic E-state index is 11.4. The van der Waals surface area contributed by atoms with Crippen LogP contribution in [0.3, 0.4) is 0 Å². The Kier molecular flexibility index (Phi) is 2.80. The van der Waals surface area contributed by atoms with Crippen molar-refractivity contribution < 1.29 is 14.3 Å². The van der Waals surface area contributed by atoms with E-state index in [0.717, 1.165) is 12.8 Å². The fourth-order valence-corrected chi connectivity index (χ4v) is 1.19. The molecule has 0 atom stereocenters. The quantitative estimate of drug-likeness (QED) is 0.756. The smallest absolute Gasteiger partial charge is 0.356 e. The molecule has 0 bridgehead atoms. The molecule has 6 nitrogen and oxygen atoms in total. The van der Waals surface area contributed by atoms with E-state index in [9.17, 15) is 9.59 Å². The van der Waals surface area contributed by atoms with Gasteiger partial charge in [-0.15, -0.1) is 0 Å². The second kappa shape index (κ2) is 4.26. The number of carbonyl (C=O) groups is 2. The standard InChI is InChI=1S/C10H11N3O3/c1-16-9(15)7-4-5-11-10(12-7)13-8(14)6-2-3-6/h4-6H,2-3H2,1H3,(H,11,12,13,14). The van der Waals surface area contributed by atoms with Crippen LogP contribution in [-0.4, -0.2) is 29.0 Å². The Hall–Kier alpha value is -1.98. The van der Waals surface area contributed by atoms with E-state index in [2.05, 4.69) is 20.0 Å². The number of amides is 1. The zero-order chi connectivity index (χ0) is 11.5. The Bertz CT molecular complexity index is 429. The van der Waals surface area contributed by atoms with E-state index in [1.165, 1.54) is 19.4 Å². The molecule has 0 spiro atoms. The van der Waals surface area contributed by atoms with E-state index >= 15 is 0 Å². The number of aromatic nitrogens is 2. The summed E-state index contributed by atoms with van der Waals surface area (Å²) in [5, 5.41) is 2.55. The molecule has 0 unspecified atom stereocenters. The normalized spacial score (nSPS) is 14.3. The summed E-state index contributed by atoms with van der Waals surface area (Å²) in [6.07, 6.45) is 3.22. The first-order valence-corrected chi connectivity index (χ1v) is 4.93. The molecule has 1 N–H and O–H groups in total. The third-order valence-electron chi connectivity index (χ3n) is 2.23. The predicted octanol–water partition coefficient (Wildman–Crippen LogP) is 0.612. The van der Waals surface area contributed by atoms with Gasteiger partial charge in [0.25, 0.3) is 0 Å². The van der Waals surface area contributed by atoms with Gasteiger partial charge in [-0.1, -0.05) is 0 Å². The van der Waals surface area contributed by atoms with Crippen molar-refractivity contribution in [3.05, 3.63) is 18.0 Å². The molecule has 1 saturated carbocycles. The third kappa shape index (κ3) is 2.33. The summed E-state index contributed by atoms with van der Waals surface area (Å²) in [7, 11) is 1.27. The highest BCUT2D eigenvalue weighted by Crippen LogP contribution is 2.29. The molecule has 1 aromatic heterocycles. The molecule has 1 amide bonds. The van der Waals surface area contributed by atoms with Gasteiger partial charge in [0.15, 0.2) is 5.69 Å². The first kappa shape index (κ1) is 10.5. The summed E-state index contributed by atoms with van der Waals surface area (Å²) in [4.78, 5) is 30.3. The average Bonchev–Trinajstić information content (AvgIpc) is 3.12. The van der Waals surface area contributed by atoms with Crippen LogP contribution in [0.25, 0.3) is 0 Å². The fraction of sp³-hybridized carbons (Fsp3) is 0.400. The molecule has 2 rings (SSSR count). The minimum absolute atomic E-state index is 0.0744. The highest BCUT2D eigenvalue weighted by Gasteiger charge is 2.30. The lowest BCUT2D eigenvalue weighted by Crippen LogP contribution is -2.16. The van der Waals surface area contributed by atoms with Gasteiger partial charge in [-0.2, -0.15) is 0 Å².